The fourth-order valence-corrected chi connectivity index (χ4v) is 4.09. The lowest BCUT2D eigenvalue weighted by molar-refractivity contribution is -0.133. The summed E-state index contributed by atoms with van der Waals surface area (Å²) in [7, 11) is 0. The fraction of sp³-hybridized carbons (Fsp3) is 0.550. The maximum absolute atomic E-state index is 12.5. The molecular formula is C20H26N4O2. The number of aromatic nitrogens is 2. The molecule has 6 heteroatoms. The number of fused-ring (bicyclic) bond motifs is 2. The van der Waals surface area contributed by atoms with Crippen molar-refractivity contribution in [1.29, 1.82) is 0 Å². The molecule has 2 fully saturated rings. The zero-order valence-corrected chi connectivity index (χ0v) is 15.6. The summed E-state index contributed by atoms with van der Waals surface area (Å²) in [6.45, 7) is 8.25. The van der Waals surface area contributed by atoms with Gasteiger partial charge in [-0.2, -0.15) is 5.10 Å². The van der Waals surface area contributed by atoms with Gasteiger partial charge < -0.3 is 10.2 Å². The number of aromatic amines is 1. The average molecular weight is 354 g/mol. The summed E-state index contributed by atoms with van der Waals surface area (Å²) in [4.78, 5) is 26.7. The Balaban J connectivity index is 1.27. The smallest absolute Gasteiger partial charge is 0.224 e. The van der Waals surface area contributed by atoms with Crippen molar-refractivity contribution in [2.24, 2.45) is 23.2 Å². The average Bonchev–Trinajstić information content (AvgIpc) is 2.93. The molecule has 2 aromatic rings. The Kier molecular flexibility index (Phi) is 4.01. The van der Waals surface area contributed by atoms with Crippen molar-refractivity contribution in [3.05, 3.63) is 30.0 Å². The van der Waals surface area contributed by atoms with Gasteiger partial charge in [0.25, 0.3) is 0 Å². The highest BCUT2D eigenvalue weighted by atomic mass is 16.2. The van der Waals surface area contributed by atoms with E-state index in [1.807, 2.05) is 23.1 Å². The van der Waals surface area contributed by atoms with Gasteiger partial charge in [-0.15, -0.1) is 0 Å². The van der Waals surface area contributed by atoms with Gasteiger partial charge in [-0.05, 0) is 34.9 Å². The number of benzene rings is 1. The first-order chi connectivity index (χ1) is 12.3. The van der Waals surface area contributed by atoms with Crippen LogP contribution in [0.15, 0.2) is 24.4 Å². The van der Waals surface area contributed by atoms with Crippen molar-refractivity contribution in [3.8, 4) is 0 Å². The number of carbonyl (C=O) groups excluding carboxylic acids is 2. The molecule has 1 aromatic carbocycles. The normalized spacial score (nSPS) is 24.6. The van der Waals surface area contributed by atoms with Gasteiger partial charge in [0.15, 0.2) is 0 Å². The van der Waals surface area contributed by atoms with Crippen LogP contribution in [0.3, 0.4) is 0 Å². The number of nitrogens with one attached hydrogen (secondary N) is 2. The molecule has 1 unspecified atom stereocenters. The van der Waals surface area contributed by atoms with Crippen molar-refractivity contribution < 1.29 is 9.59 Å². The molecule has 4 rings (SSSR count). The van der Waals surface area contributed by atoms with Gasteiger partial charge in [-0.1, -0.05) is 26.8 Å². The molecule has 1 aromatic heterocycles. The van der Waals surface area contributed by atoms with Gasteiger partial charge >= 0.3 is 0 Å². The van der Waals surface area contributed by atoms with Crippen molar-refractivity contribution in [2.45, 2.75) is 33.7 Å². The van der Waals surface area contributed by atoms with Crippen LogP contribution in [-0.2, 0) is 16.1 Å². The molecule has 6 nitrogen and oxygen atoms in total. The largest absolute Gasteiger partial charge is 0.352 e. The van der Waals surface area contributed by atoms with Crippen LogP contribution in [0.5, 0.6) is 0 Å². The van der Waals surface area contributed by atoms with Gasteiger partial charge in [0, 0.05) is 37.4 Å². The molecular weight excluding hydrogens is 328 g/mol. The number of hydrogen-bond donors (Lipinski definition) is 2. The second-order valence-corrected chi connectivity index (χ2v) is 8.90. The number of rotatable bonds is 4. The van der Waals surface area contributed by atoms with Gasteiger partial charge in [0.1, 0.15) is 0 Å². The van der Waals surface area contributed by atoms with Crippen molar-refractivity contribution in [3.63, 3.8) is 0 Å². The minimum atomic E-state index is 0.0106. The van der Waals surface area contributed by atoms with E-state index in [9.17, 15) is 9.59 Å². The van der Waals surface area contributed by atoms with Gasteiger partial charge in [0.2, 0.25) is 11.8 Å². The highest BCUT2D eigenvalue weighted by Crippen LogP contribution is 2.52. The molecule has 1 saturated heterocycles. The lowest BCUT2D eigenvalue weighted by atomic mass is 9.91. The third kappa shape index (κ3) is 3.32. The molecule has 1 aliphatic heterocycles. The minimum absolute atomic E-state index is 0.0106. The number of amides is 2. The molecule has 2 N–H and O–H groups in total. The molecule has 0 spiro atoms. The maximum Gasteiger partial charge on any atom is 0.224 e. The van der Waals surface area contributed by atoms with E-state index in [0.717, 1.165) is 29.6 Å². The van der Waals surface area contributed by atoms with Crippen LogP contribution in [0.1, 0.15) is 32.8 Å². The highest BCUT2D eigenvalue weighted by Gasteiger charge is 2.60. The predicted molar refractivity (Wildman–Crippen MR) is 99.1 cm³/mol. The van der Waals surface area contributed by atoms with Crippen molar-refractivity contribution >= 4 is 22.7 Å². The van der Waals surface area contributed by atoms with Crippen LogP contribution < -0.4 is 5.32 Å². The van der Waals surface area contributed by atoms with Crippen LogP contribution in [0, 0.1) is 23.2 Å². The quantitative estimate of drug-likeness (QED) is 0.884. The summed E-state index contributed by atoms with van der Waals surface area (Å²) in [5, 5.41) is 11.0. The Morgan fingerprint density at radius 2 is 2.00 bits per heavy atom. The topological polar surface area (TPSA) is 78.1 Å². The van der Waals surface area contributed by atoms with E-state index < -0.39 is 0 Å². The highest BCUT2D eigenvalue weighted by molar-refractivity contribution is 5.84. The Bertz CT molecular complexity index is 839. The molecule has 0 bridgehead atoms. The van der Waals surface area contributed by atoms with E-state index in [0.29, 0.717) is 24.8 Å². The summed E-state index contributed by atoms with van der Waals surface area (Å²) < 4.78 is 0. The second-order valence-electron chi connectivity index (χ2n) is 8.90. The third-order valence-corrected chi connectivity index (χ3v) is 5.50. The van der Waals surface area contributed by atoms with E-state index >= 15 is 0 Å². The zero-order chi connectivity index (χ0) is 18.5. The first kappa shape index (κ1) is 17.1. The summed E-state index contributed by atoms with van der Waals surface area (Å²) >= 11 is 0. The number of likely N-dealkylation sites (tertiary alicyclic amines) is 1. The van der Waals surface area contributed by atoms with Gasteiger partial charge in [-0.3, -0.25) is 14.7 Å². The van der Waals surface area contributed by atoms with Crippen molar-refractivity contribution in [2.75, 3.05) is 13.1 Å². The number of nitrogens with zero attached hydrogens (tertiary/aromatic N) is 2. The van der Waals surface area contributed by atoms with Crippen LogP contribution in [-0.4, -0.2) is 40.0 Å². The Morgan fingerprint density at radius 1 is 1.27 bits per heavy atom. The third-order valence-electron chi connectivity index (χ3n) is 5.50. The number of H-pyrrole nitrogens is 1. The first-order valence-corrected chi connectivity index (χ1v) is 9.29. The molecule has 1 saturated carbocycles. The number of carbonyl (C=O) groups is 2. The van der Waals surface area contributed by atoms with E-state index in [1.165, 1.54) is 0 Å². The molecule has 138 valence electrons. The molecule has 2 amide bonds. The summed E-state index contributed by atoms with van der Waals surface area (Å²) in [5.41, 5.74) is 2.08. The summed E-state index contributed by atoms with van der Waals surface area (Å²) in [6, 6.07) is 6.02. The van der Waals surface area contributed by atoms with E-state index in [2.05, 4.69) is 36.3 Å². The van der Waals surface area contributed by atoms with E-state index in [4.69, 9.17) is 0 Å². The van der Waals surface area contributed by atoms with Crippen LogP contribution in [0.2, 0.25) is 0 Å². The SMILES string of the molecule is CC(C)(C)CC(=O)N1C[C@@H]2C(C(=O)NCc3ccc4[nH]ncc4c3)[C@@H]2C1. The maximum atomic E-state index is 12.5. The molecule has 3 atom stereocenters. The fourth-order valence-electron chi connectivity index (χ4n) is 4.09. The molecule has 2 heterocycles. The number of hydrogen-bond acceptors (Lipinski definition) is 3. The molecule has 1 aliphatic carbocycles. The lowest BCUT2D eigenvalue weighted by Crippen LogP contribution is -2.36. The standard InChI is InChI=1S/C20H26N4O2/c1-20(2,3)7-17(25)24-10-14-15(11-24)18(14)19(26)21-8-12-4-5-16-13(6-12)9-22-23-16/h4-6,9,14-15,18H,7-8,10-11H2,1-3H3,(H,21,26)(H,22,23)/t14-,15+,18?. The van der Waals surface area contributed by atoms with E-state index in [-0.39, 0.29) is 23.1 Å². The monoisotopic (exact) mass is 354 g/mol. The van der Waals surface area contributed by atoms with Gasteiger partial charge in [-0.25, -0.2) is 0 Å². The molecule has 2 aliphatic rings. The van der Waals surface area contributed by atoms with Crippen LogP contribution in [0.25, 0.3) is 10.9 Å². The zero-order valence-electron chi connectivity index (χ0n) is 15.6. The minimum Gasteiger partial charge on any atom is -0.352 e. The summed E-state index contributed by atoms with van der Waals surface area (Å²) in [6.07, 6.45) is 2.36. The first-order valence-electron chi connectivity index (χ1n) is 9.29. The van der Waals surface area contributed by atoms with E-state index in [1.54, 1.807) is 6.20 Å². The molecule has 0 radical (unpaired) electrons. The Morgan fingerprint density at radius 3 is 2.69 bits per heavy atom. The summed E-state index contributed by atoms with van der Waals surface area (Å²) in [5.74, 6) is 1.10. The Labute approximate surface area is 153 Å². The predicted octanol–water partition coefficient (Wildman–Crippen LogP) is 2.32. The van der Waals surface area contributed by atoms with Crippen molar-refractivity contribution in [1.82, 2.24) is 20.4 Å². The number of piperidine rings is 1. The van der Waals surface area contributed by atoms with Crippen LogP contribution >= 0.6 is 0 Å². The second kappa shape index (κ2) is 6.11. The molecule has 26 heavy (non-hydrogen) atoms. The van der Waals surface area contributed by atoms with Gasteiger partial charge in [0.05, 0.1) is 11.7 Å². The lowest BCUT2D eigenvalue weighted by Gasteiger charge is -2.24. The Hall–Kier alpha value is -2.37. The van der Waals surface area contributed by atoms with Crippen LogP contribution in [0.4, 0.5) is 0 Å².